The molecule has 1 amide bonds. The largest absolute Gasteiger partial charge is 0.494 e. The topological polar surface area (TPSA) is 104 Å². The Bertz CT molecular complexity index is 943. The normalized spacial score (nSPS) is 10.7. The fourth-order valence-corrected chi connectivity index (χ4v) is 3.26. The van der Waals surface area contributed by atoms with E-state index in [4.69, 9.17) is 14.0 Å². The van der Waals surface area contributed by atoms with Gasteiger partial charge in [-0.25, -0.2) is 9.78 Å². The summed E-state index contributed by atoms with van der Waals surface area (Å²) in [5, 5.41) is 6.73. The van der Waals surface area contributed by atoms with Crippen molar-refractivity contribution in [2.45, 2.75) is 20.8 Å². The van der Waals surface area contributed by atoms with Crippen molar-refractivity contribution in [3.63, 3.8) is 0 Å². The van der Waals surface area contributed by atoms with Crippen molar-refractivity contribution < 1.29 is 23.6 Å². The van der Waals surface area contributed by atoms with Crippen molar-refractivity contribution in [2.75, 3.05) is 18.5 Å². The Labute approximate surface area is 153 Å². The number of ether oxygens (including phenoxy) is 2. The smallest absolute Gasteiger partial charge is 0.344 e. The van der Waals surface area contributed by atoms with Crippen molar-refractivity contribution in [3.05, 3.63) is 35.2 Å². The molecule has 0 saturated carbocycles. The number of hydrogen-bond acceptors (Lipinski definition) is 8. The molecule has 2 heterocycles. The van der Waals surface area contributed by atoms with Gasteiger partial charge in [0.25, 0.3) is 5.91 Å². The van der Waals surface area contributed by atoms with Crippen LogP contribution in [0, 0.1) is 13.8 Å². The van der Waals surface area contributed by atoms with Crippen molar-refractivity contribution in [3.8, 4) is 5.75 Å². The molecule has 0 aliphatic carbocycles. The van der Waals surface area contributed by atoms with Crippen molar-refractivity contribution >= 4 is 38.6 Å². The molecular weight excluding hydrogens is 358 g/mol. The van der Waals surface area contributed by atoms with Crippen LogP contribution < -0.4 is 10.1 Å². The highest BCUT2D eigenvalue weighted by Crippen LogP contribution is 2.29. The number of hydrogen-bond donors (Lipinski definition) is 1. The first-order valence-electron chi connectivity index (χ1n) is 7.91. The molecule has 0 spiro atoms. The zero-order valence-corrected chi connectivity index (χ0v) is 15.3. The van der Waals surface area contributed by atoms with Gasteiger partial charge in [0.2, 0.25) is 0 Å². The number of carbonyl (C=O) groups is 2. The minimum Gasteiger partial charge on any atom is -0.494 e. The fourth-order valence-electron chi connectivity index (χ4n) is 2.35. The average molecular weight is 375 g/mol. The Balaban J connectivity index is 1.61. The van der Waals surface area contributed by atoms with E-state index in [9.17, 15) is 9.59 Å². The summed E-state index contributed by atoms with van der Waals surface area (Å²) in [4.78, 5) is 28.4. The third kappa shape index (κ3) is 3.83. The van der Waals surface area contributed by atoms with E-state index in [1.165, 1.54) is 11.3 Å². The number of esters is 1. The standard InChI is InChI=1S/C17H17N3O5S/c1-4-23-11-5-6-12-13(7-11)26-17(18-12)19-14(21)8-24-16(22)15-9(2)20-25-10(15)3/h5-7H,4,8H2,1-3H3,(H,18,19,21). The summed E-state index contributed by atoms with van der Waals surface area (Å²) in [6.45, 7) is 5.29. The molecular formula is C17H17N3O5S. The molecule has 8 nitrogen and oxygen atoms in total. The Morgan fingerprint density at radius 3 is 2.81 bits per heavy atom. The molecule has 0 unspecified atom stereocenters. The molecule has 3 rings (SSSR count). The summed E-state index contributed by atoms with van der Waals surface area (Å²) >= 11 is 1.31. The summed E-state index contributed by atoms with van der Waals surface area (Å²) in [6, 6.07) is 5.51. The van der Waals surface area contributed by atoms with Crippen LogP contribution in [0.3, 0.4) is 0 Å². The molecule has 0 aliphatic rings. The number of nitrogens with one attached hydrogen (secondary N) is 1. The molecule has 3 aromatic rings. The van der Waals surface area contributed by atoms with Crippen molar-refractivity contribution in [2.24, 2.45) is 0 Å². The molecule has 1 aromatic carbocycles. The molecule has 0 radical (unpaired) electrons. The molecule has 136 valence electrons. The second-order valence-electron chi connectivity index (χ2n) is 5.41. The molecule has 0 bridgehead atoms. The third-order valence-corrected chi connectivity index (χ3v) is 4.42. The van der Waals surface area contributed by atoms with Gasteiger partial charge in [-0.05, 0) is 39.0 Å². The maximum Gasteiger partial charge on any atom is 0.344 e. The first kappa shape index (κ1) is 17.9. The number of aryl methyl sites for hydroxylation is 2. The summed E-state index contributed by atoms with van der Waals surface area (Å²) in [6.07, 6.45) is 0. The van der Waals surface area contributed by atoms with Gasteiger partial charge in [-0.3, -0.25) is 10.1 Å². The molecule has 0 atom stereocenters. The van der Waals surface area contributed by atoms with Crippen LogP contribution in [-0.4, -0.2) is 35.2 Å². The Kier molecular flexibility index (Phi) is 5.17. The van der Waals surface area contributed by atoms with Gasteiger partial charge in [0.15, 0.2) is 11.7 Å². The summed E-state index contributed by atoms with van der Waals surface area (Å²) in [5.74, 6) is -0.0321. The van der Waals surface area contributed by atoms with Crippen LogP contribution in [0.25, 0.3) is 10.2 Å². The van der Waals surface area contributed by atoms with E-state index in [1.54, 1.807) is 13.8 Å². The third-order valence-electron chi connectivity index (χ3n) is 3.49. The van der Waals surface area contributed by atoms with Gasteiger partial charge in [-0.2, -0.15) is 0 Å². The van der Waals surface area contributed by atoms with Crippen LogP contribution in [0.4, 0.5) is 5.13 Å². The molecule has 26 heavy (non-hydrogen) atoms. The SMILES string of the molecule is CCOc1ccc2nc(NC(=O)COC(=O)c3c(C)noc3C)sc2c1. The summed E-state index contributed by atoms with van der Waals surface area (Å²) in [7, 11) is 0. The molecule has 2 aromatic heterocycles. The minimum absolute atomic E-state index is 0.237. The van der Waals surface area contributed by atoms with Crippen LogP contribution in [0.1, 0.15) is 28.7 Å². The predicted molar refractivity (Wildman–Crippen MR) is 95.7 cm³/mol. The molecule has 0 saturated heterocycles. The predicted octanol–water partition coefficient (Wildman–Crippen LogP) is 3.10. The van der Waals surface area contributed by atoms with E-state index in [0.29, 0.717) is 23.2 Å². The molecule has 0 aliphatic heterocycles. The number of anilines is 1. The zero-order valence-electron chi connectivity index (χ0n) is 14.5. The van der Waals surface area contributed by atoms with Gasteiger partial charge in [0.1, 0.15) is 17.1 Å². The summed E-state index contributed by atoms with van der Waals surface area (Å²) < 4.78 is 16.3. The van der Waals surface area contributed by atoms with E-state index >= 15 is 0 Å². The van der Waals surface area contributed by atoms with Gasteiger partial charge < -0.3 is 14.0 Å². The first-order valence-corrected chi connectivity index (χ1v) is 8.72. The quantitative estimate of drug-likeness (QED) is 0.660. The van der Waals surface area contributed by atoms with Crippen LogP contribution in [0.15, 0.2) is 22.7 Å². The Hall–Kier alpha value is -2.94. The summed E-state index contributed by atoms with van der Waals surface area (Å²) in [5.41, 5.74) is 1.41. The van der Waals surface area contributed by atoms with Gasteiger partial charge in [0.05, 0.1) is 22.5 Å². The van der Waals surface area contributed by atoms with Crippen LogP contribution in [0.2, 0.25) is 0 Å². The number of aromatic nitrogens is 2. The highest BCUT2D eigenvalue weighted by Gasteiger charge is 2.20. The van der Waals surface area contributed by atoms with Gasteiger partial charge in [-0.1, -0.05) is 16.5 Å². The molecule has 0 fully saturated rings. The Morgan fingerprint density at radius 2 is 2.12 bits per heavy atom. The second-order valence-corrected chi connectivity index (χ2v) is 6.44. The zero-order chi connectivity index (χ0) is 18.7. The van der Waals surface area contributed by atoms with E-state index in [0.717, 1.165) is 16.0 Å². The Morgan fingerprint density at radius 1 is 1.31 bits per heavy atom. The minimum atomic E-state index is -0.651. The van der Waals surface area contributed by atoms with Crippen LogP contribution >= 0.6 is 11.3 Å². The number of benzene rings is 1. The monoisotopic (exact) mass is 375 g/mol. The average Bonchev–Trinajstić information content (AvgIpc) is 3.15. The maximum atomic E-state index is 12.0. The van der Waals surface area contributed by atoms with E-state index < -0.39 is 18.5 Å². The lowest BCUT2D eigenvalue weighted by Gasteiger charge is -2.04. The highest BCUT2D eigenvalue weighted by atomic mass is 32.1. The number of rotatable bonds is 6. The second kappa shape index (κ2) is 7.52. The van der Waals surface area contributed by atoms with Crippen LogP contribution in [-0.2, 0) is 9.53 Å². The van der Waals surface area contributed by atoms with Crippen LogP contribution in [0.5, 0.6) is 5.75 Å². The number of fused-ring (bicyclic) bond motifs is 1. The number of amides is 1. The number of nitrogens with zero attached hydrogens (tertiary/aromatic N) is 2. The lowest BCUT2D eigenvalue weighted by molar-refractivity contribution is -0.119. The molecule has 1 N–H and O–H groups in total. The lowest BCUT2D eigenvalue weighted by atomic mass is 10.2. The first-order chi connectivity index (χ1) is 12.5. The van der Waals surface area contributed by atoms with Crippen molar-refractivity contribution in [1.29, 1.82) is 0 Å². The number of carbonyl (C=O) groups excluding carboxylic acids is 2. The van der Waals surface area contributed by atoms with Gasteiger partial charge in [-0.15, -0.1) is 0 Å². The van der Waals surface area contributed by atoms with Gasteiger partial charge >= 0.3 is 5.97 Å². The number of thiazole rings is 1. The fraction of sp³-hybridized carbons (Fsp3) is 0.294. The highest BCUT2D eigenvalue weighted by molar-refractivity contribution is 7.22. The van der Waals surface area contributed by atoms with Crippen molar-refractivity contribution in [1.82, 2.24) is 10.1 Å². The lowest BCUT2D eigenvalue weighted by Crippen LogP contribution is -2.21. The van der Waals surface area contributed by atoms with Gasteiger partial charge in [0, 0.05) is 0 Å². The van der Waals surface area contributed by atoms with E-state index in [1.807, 2.05) is 25.1 Å². The maximum absolute atomic E-state index is 12.0. The molecule has 9 heteroatoms. The van der Waals surface area contributed by atoms with E-state index in [-0.39, 0.29) is 5.56 Å². The van der Waals surface area contributed by atoms with E-state index in [2.05, 4.69) is 15.5 Å².